The fourth-order valence-corrected chi connectivity index (χ4v) is 5.01. The highest BCUT2D eigenvalue weighted by molar-refractivity contribution is 5.87. The number of aryl methyl sites for hydroxylation is 1. The number of benzene rings is 1. The van der Waals surface area contributed by atoms with Crippen molar-refractivity contribution in [1.82, 2.24) is 19.8 Å². The molecule has 4 aliphatic rings. The van der Waals surface area contributed by atoms with Crippen molar-refractivity contribution in [3.8, 4) is 5.75 Å². The van der Waals surface area contributed by atoms with E-state index in [-0.39, 0.29) is 5.91 Å². The molecule has 0 atom stereocenters. The highest BCUT2D eigenvalue weighted by Crippen LogP contribution is 2.37. The third kappa shape index (κ3) is 5.11. The van der Waals surface area contributed by atoms with E-state index in [0.717, 1.165) is 73.6 Å². The van der Waals surface area contributed by atoms with E-state index in [1.54, 1.807) is 6.33 Å². The number of nitrogens with zero attached hydrogens (tertiary/aromatic N) is 5. The number of morpholine rings is 1. The molecule has 5 heterocycles. The number of ether oxygens (including phenoxy) is 2. The van der Waals surface area contributed by atoms with Crippen molar-refractivity contribution in [2.45, 2.75) is 32.4 Å². The predicted octanol–water partition coefficient (Wildman–Crippen LogP) is 2.74. The number of likely N-dealkylation sites (tertiary alicyclic amines) is 2. The molecule has 0 aliphatic carbocycles. The molecule has 35 heavy (non-hydrogen) atoms. The first-order chi connectivity index (χ1) is 17.1. The van der Waals surface area contributed by atoms with E-state index in [9.17, 15) is 4.79 Å². The van der Waals surface area contributed by atoms with E-state index in [2.05, 4.69) is 31.7 Å². The molecule has 4 aliphatic heterocycles. The Morgan fingerprint density at radius 3 is 2.66 bits per heavy atom. The van der Waals surface area contributed by atoms with Gasteiger partial charge in [0.05, 0.1) is 24.5 Å². The summed E-state index contributed by atoms with van der Waals surface area (Å²) >= 11 is 0. The lowest BCUT2D eigenvalue weighted by Crippen LogP contribution is -2.60. The molecule has 1 N–H and O–H groups in total. The van der Waals surface area contributed by atoms with Gasteiger partial charge in [-0.1, -0.05) is 18.7 Å². The van der Waals surface area contributed by atoms with Gasteiger partial charge in [-0.25, -0.2) is 9.97 Å². The Labute approximate surface area is 206 Å². The number of para-hydroxylation sites is 1. The summed E-state index contributed by atoms with van der Waals surface area (Å²) in [6, 6.07) is 6.70. The summed E-state index contributed by atoms with van der Waals surface area (Å²) in [4.78, 5) is 26.6. The molecule has 1 aromatic heterocycles. The maximum atomic E-state index is 11.1. The fraction of sp³-hybridized carbons (Fsp3) is 0.500. The van der Waals surface area contributed by atoms with Gasteiger partial charge < -0.3 is 24.6 Å². The summed E-state index contributed by atoms with van der Waals surface area (Å²) in [6.07, 6.45) is 5.66. The van der Waals surface area contributed by atoms with Gasteiger partial charge in [-0.05, 0) is 50.6 Å². The van der Waals surface area contributed by atoms with Gasteiger partial charge in [0.15, 0.2) is 0 Å². The average Bonchev–Trinajstić information content (AvgIpc) is 3.30. The summed E-state index contributed by atoms with van der Waals surface area (Å²) in [7, 11) is 0. The van der Waals surface area contributed by atoms with Gasteiger partial charge in [-0.2, -0.15) is 0 Å². The number of rotatable bonds is 3. The topological polar surface area (TPSA) is 83.1 Å². The number of carbonyl (C=O) groups is 1. The van der Waals surface area contributed by atoms with Gasteiger partial charge in [0.1, 0.15) is 30.3 Å². The molecule has 0 saturated carbocycles. The van der Waals surface area contributed by atoms with Gasteiger partial charge in [0.2, 0.25) is 5.91 Å². The van der Waals surface area contributed by atoms with Crippen LogP contribution in [0.25, 0.3) is 0 Å². The molecule has 186 valence electrons. The van der Waals surface area contributed by atoms with Gasteiger partial charge in [0, 0.05) is 32.2 Å². The van der Waals surface area contributed by atoms with Crippen molar-refractivity contribution in [3.63, 3.8) is 0 Å². The van der Waals surface area contributed by atoms with Crippen molar-refractivity contribution in [2.24, 2.45) is 0 Å². The van der Waals surface area contributed by atoms with Gasteiger partial charge in [-0.15, -0.1) is 0 Å². The first-order valence-electron chi connectivity index (χ1n) is 12.5. The highest BCUT2D eigenvalue weighted by Gasteiger charge is 2.34. The zero-order valence-electron chi connectivity index (χ0n) is 20.4. The average molecular weight is 479 g/mol. The molecular weight excluding hydrogens is 444 g/mol. The number of nitrogens with one attached hydrogen (secondary N) is 1. The van der Waals surface area contributed by atoms with Crippen molar-refractivity contribution in [1.29, 1.82) is 0 Å². The second kappa shape index (κ2) is 10.6. The molecule has 0 unspecified atom stereocenters. The minimum atomic E-state index is 0.0791. The highest BCUT2D eigenvalue weighted by atomic mass is 16.5. The van der Waals surface area contributed by atoms with Crippen molar-refractivity contribution in [2.75, 3.05) is 62.7 Å². The van der Waals surface area contributed by atoms with Crippen LogP contribution in [0, 0.1) is 6.92 Å². The molecule has 3 fully saturated rings. The maximum Gasteiger partial charge on any atom is 0.246 e. The van der Waals surface area contributed by atoms with Crippen LogP contribution < -0.4 is 15.0 Å². The molecule has 9 heteroatoms. The molecule has 0 spiro atoms. The van der Waals surface area contributed by atoms with Crippen LogP contribution in [0.1, 0.15) is 24.0 Å². The summed E-state index contributed by atoms with van der Waals surface area (Å²) in [6.45, 7) is 13.4. The Hall–Kier alpha value is -3.17. The SMILES string of the molecule is C=CC(=O)N1CC(N2CCCC2)C1.Cc1cccc2c1OCc1c(ncnc1N1CCOCC1)N2. The molecule has 0 radical (unpaired) electrons. The number of amides is 1. The summed E-state index contributed by atoms with van der Waals surface area (Å²) in [5, 5.41) is 3.39. The van der Waals surface area contributed by atoms with Crippen molar-refractivity contribution < 1.29 is 14.3 Å². The number of carbonyl (C=O) groups excluding carboxylic acids is 1. The minimum Gasteiger partial charge on any atom is -0.486 e. The molecule has 0 bridgehead atoms. The monoisotopic (exact) mass is 478 g/mol. The Kier molecular flexibility index (Phi) is 7.15. The number of hydrogen-bond acceptors (Lipinski definition) is 8. The van der Waals surface area contributed by atoms with Crippen LogP contribution in [0.5, 0.6) is 5.75 Å². The fourth-order valence-electron chi connectivity index (χ4n) is 5.01. The largest absolute Gasteiger partial charge is 0.486 e. The predicted molar refractivity (Wildman–Crippen MR) is 135 cm³/mol. The Balaban J connectivity index is 0.000000166. The second-order valence-electron chi connectivity index (χ2n) is 9.33. The van der Waals surface area contributed by atoms with Crippen LogP contribution in [0.4, 0.5) is 17.3 Å². The lowest BCUT2D eigenvalue weighted by atomic mass is 10.1. The van der Waals surface area contributed by atoms with Crippen molar-refractivity contribution in [3.05, 3.63) is 48.3 Å². The Bertz CT molecular complexity index is 1060. The lowest BCUT2D eigenvalue weighted by Gasteiger charge is -2.43. The summed E-state index contributed by atoms with van der Waals surface area (Å²) in [5.41, 5.74) is 3.06. The third-order valence-electron chi connectivity index (χ3n) is 7.06. The van der Waals surface area contributed by atoms with Gasteiger partial charge in [-0.3, -0.25) is 9.69 Å². The third-order valence-corrected chi connectivity index (χ3v) is 7.06. The molecule has 1 amide bonds. The van der Waals surface area contributed by atoms with Crippen molar-refractivity contribution >= 4 is 23.2 Å². The lowest BCUT2D eigenvalue weighted by molar-refractivity contribution is -0.132. The van der Waals surface area contributed by atoms with Crippen LogP contribution in [0.2, 0.25) is 0 Å². The van der Waals surface area contributed by atoms with E-state index in [1.807, 2.05) is 30.0 Å². The zero-order valence-corrected chi connectivity index (χ0v) is 20.4. The molecule has 6 rings (SSSR count). The molecular formula is C26H34N6O3. The summed E-state index contributed by atoms with van der Waals surface area (Å²) in [5.74, 6) is 2.72. The first kappa shape index (κ1) is 23.6. The van der Waals surface area contributed by atoms with Crippen LogP contribution in [0.3, 0.4) is 0 Å². The molecule has 2 aromatic rings. The molecule has 1 aromatic carbocycles. The van der Waals surface area contributed by atoms with Crippen LogP contribution in [-0.4, -0.2) is 84.2 Å². The summed E-state index contributed by atoms with van der Waals surface area (Å²) < 4.78 is 11.5. The normalized spacial score (nSPS) is 19.7. The van der Waals surface area contributed by atoms with Crippen LogP contribution in [0.15, 0.2) is 37.2 Å². The zero-order chi connectivity index (χ0) is 24.2. The smallest absolute Gasteiger partial charge is 0.246 e. The number of hydrogen-bond donors (Lipinski definition) is 1. The van der Waals surface area contributed by atoms with E-state index in [1.165, 1.54) is 32.0 Å². The molecule has 9 nitrogen and oxygen atoms in total. The van der Waals surface area contributed by atoms with E-state index in [4.69, 9.17) is 9.47 Å². The number of anilines is 3. The van der Waals surface area contributed by atoms with E-state index >= 15 is 0 Å². The Morgan fingerprint density at radius 2 is 1.91 bits per heavy atom. The number of aromatic nitrogens is 2. The Morgan fingerprint density at radius 1 is 1.14 bits per heavy atom. The van der Waals surface area contributed by atoms with Gasteiger partial charge >= 0.3 is 0 Å². The quantitative estimate of drug-likeness (QED) is 0.675. The molecule has 3 saturated heterocycles. The van der Waals surface area contributed by atoms with Crippen LogP contribution >= 0.6 is 0 Å². The maximum absolute atomic E-state index is 11.1. The van der Waals surface area contributed by atoms with E-state index < -0.39 is 0 Å². The van der Waals surface area contributed by atoms with E-state index in [0.29, 0.717) is 12.6 Å². The minimum absolute atomic E-state index is 0.0791. The van der Waals surface area contributed by atoms with Gasteiger partial charge in [0.25, 0.3) is 0 Å². The van der Waals surface area contributed by atoms with Crippen LogP contribution in [-0.2, 0) is 16.1 Å². The standard InChI is InChI=1S/C16H18N4O2.C10H16N2O/c1-11-3-2-4-13-14(11)22-9-12-15(19-13)17-10-18-16(12)20-5-7-21-8-6-20;1-2-10(13)12-7-9(8-12)11-5-3-4-6-11/h2-4,10H,5-9H2,1H3,(H,17,18,19);2,9H,1,3-8H2. The number of fused-ring (bicyclic) bond motifs is 2. The second-order valence-corrected chi connectivity index (χ2v) is 9.33. The first-order valence-corrected chi connectivity index (χ1v) is 12.5.